The number of amides is 1. The first-order valence-electron chi connectivity index (χ1n) is 6.17. The van der Waals surface area contributed by atoms with Crippen LogP contribution in [0.2, 0.25) is 0 Å². The molecule has 19 heavy (non-hydrogen) atoms. The fraction of sp³-hybridized carbons (Fsp3) is 0.667. The summed E-state index contributed by atoms with van der Waals surface area (Å²) < 4.78 is 37.9. The van der Waals surface area contributed by atoms with E-state index in [1.807, 2.05) is 0 Å². The van der Waals surface area contributed by atoms with Gasteiger partial charge in [0.05, 0.1) is 11.8 Å². The summed E-state index contributed by atoms with van der Waals surface area (Å²) in [5.41, 5.74) is 0.692. The number of rotatable bonds is 4. The normalized spacial score (nSPS) is 17.3. The number of carbonyl (C=O) groups excluding carboxylic acids is 1. The summed E-state index contributed by atoms with van der Waals surface area (Å²) in [5, 5.41) is 6.26. The Morgan fingerprint density at radius 2 is 2.21 bits per heavy atom. The maximum Gasteiger partial charge on any atom is 0.406 e. The van der Waals surface area contributed by atoms with E-state index in [4.69, 9.17) is 0 Å². The molecule has 1 atom stereocenters. The number of H-pyrrole nitrogens is 1. The molecule has 0 spiro atoms. The number of halogens is 3. The molecule has 1 heterocycles. The number of hydrogen-bond acceptors (Lipinski definition) is 2. The van der Waals surface area contributed by atoms with Gasteiger partial charge in [-0.2, -0.15) is 18.3 Å². The van der Waals surface area contributed by atoms with Crippen LogP contribution in [0.4, 0.5) is 13.2 Å². The summed E-state index contributed by atoms with van der Waals surface area (Å²) >= 11 is 0. The van der Waals surface area contributed by atoms with Crippen LogP contribution in [0.1, 0.15) is 35.8 Å². The number of carbonyl (C=O) groups is 1. The Balaban J connectivity index is 2.21. The fourth-order valence-corrected chi connectivity index (χ4v) is 2.15. The van der Waals surface area contributed by atoms with Crippen LogP contribution in [-0.2, 0) is 0 Å². The minimum Gasteiger partial charge on any atom is -0.326 e. The van der Waals surface area contributed by atoms with Gasteiger partial charge in [-0.3, -0.25) is 9.89 Å². The highest BCUT2D eigenvalue weighted by molar-refractivity contribution is 5.95. The Morgan fingerprint density at radius 1 is 1.58 bits per heavy atom. The molecule has 1 aromatic rings. The predicted molar refractivity (Wildman–Crippen MR) is 62.6 cm³/mol. The van der Waals surface area contributed by atoms with Crippen LogP contribution in [0, 0.1) is 12.8 Å². The predicted octanol–water partition coefficient (Wildman–Crippen LogP) is 2.52. The van der Waals surface area contributed by atoms with E-state index in [1.54, 1.807) is 13.8 Å². The smallest absolute Gasteiger partial charge is 0.326 e. The minimum atomic E-state index is -4.39. The first-order valence-corrected chi connectivity index (χ1v) is 6.17. The first-order chi connectivity index (χ1) is 8.79. The topological polar surface area (TPSA) is 49.0 Å². The second-order valence-corrected chi connectivity index (χ2v) is 5.03. The Morgan fingerprint density at radius 3 is 2.63 bits per heavy atom. The number of alkyl halides is 3. The highest BCUT2D eigenvalue weighted by Gasteiger charge is 2.41. The molecule has 0 aromatic carbocycles. The van der Waals surface area contributed by atoms with Crippen molar-refractivity contribution >= 4 is 5.91 Å². The lowest BCUT2D eigenvalue weighted by atomic mass is 10.1. The second-order valence-electron chi connectivity index (χ2n) is 5.03. The second kappa shape index (κ2) is 4.86. The average Bonchev–Trinajstić information content (AvgIpc) is 3.06. The molecular weight excluding hydrogens is 259 g/mol. The molecule has 1 amide bonds. The van der Waals surface area contributed by atoms with E-state index in [0.29, 0.717) is 5.69 Å². The van der Waals surface area contributed by atoms with Crippen molar-refractivity contribution in [3.8, 4) is 0 Å². The molecule has 1 N–H and O–H groups in total. The molecule has 106 valence electrons. The molecule has 1 fully saturated rings. The van der Waals surface area contributed by atoms with Gasteiger partial charge in [-0.05, 0) is 32.6 Å². The van der Waals surface area contributed by atoms with Gasteiger partial charge in [0.2, 0.25) is 0 Å². The van der Waals surface area contributed by atoms with Gasteiger partial charge in [0, 0.05) is 11.7 Å². The zero-order chi connectivity index (χ0) is 14.2. The number of nitrogens with one attached hydrogen (secondary N) is 1. The maximum absolute atomic E-state index is 12.6. The molecule has 1 unspecified atom stereocenters. The van der Waals surface area contributed by atoms with Crippen molar-refractivity contribution in [2.24, 2.45) is 5.92 Å². The van der Waals surface area contributed by atoms with Crippen molar-refractivity contribution in [2.75, 3.05) is 6.54 Å². The molecule has 0 radical (unpaired) electrons. The summed E-state index contributed by atoms with van der Waals surface area (Å²) in [6.07, 6.45) is -1.35. The van der Waals surface area contributed by atoms with Crippen LogP contribution >= 0.6 is 0 Å². The van der Waals surface area contributed by atoms with Crippen molar-refractivity contribution < 1.29 is 18.0 Å². The van der Waals surface area contributed by atoms with E-state index in [0.717, 1.165) is 17.7 Å². The Labute approximate surface area is 109 Å². The zero-order valence-corrected chi connectivity index (χ0v) is 10.8. The van der Waals surface area contributed by atoms with E-state index in [1.165, 1.54) is 6.20 Å². The molecule has 1 aliphatic carbocycles. The Kier molecular flexibility index (Phi) is 3.56. The SMILES string of the molecule is Cc1[nH]ncc1C(=O)N(CC(F)(F)F)C(C)C1CC1. The minimum absolute atomic E-state index is 0.179. The molecule has 1 aromatic heterocycles. The van der Waals surface area contributed by atoms with Crippen LogP contribution in [0.3, 0.4) is 0 Å². The van der Waals surface area contributed by atoms with Crippen LogP contribution < -0.4 is 0 Å². The molecule has 0 saturated heterocycles. The maximum atomic E-state index is 12.6. The number of aromatic amines is 1. The van der Waals surface area contributed by atoms with Crippen molar-refractivity contribution in [1.82, 2.24) is 15.1 Å². The Bertz CT molecular complexity index is 465. The highest BCUT2D eigenvalue weighted by Crippen LogP contribution is 2.36. The fourth-order valence-electron chi connectivity index (χ4n) is 2.15. The lowest BCUT2D eigenvalue weighted by Crippen LogP contribution is -2.45. The summed E-state index contributed by atoms with van der Waals surface area (Å²) in [4.78, 5) is 13.2. The van der Waals surface area contributed by atoms with Crippen molar-refractivity contribution in [3.05, 3.63) is 17.5 Å². The molecular formula is C12H16F3N3O. The number of aryl methyl sites for hydroxylation is 1. The quantitative estimate of drug-likeness (QED) is 0.918. The van der Waals surface area contributed by atoms with E-state index in [-0.39, 0.29) is 11.5 Å². The molecule has 0 aliphatic heterocycles. The largest absolute Gasteiger partial charge is 0.406 e. The third-order valence-corrected chi connectivity index (χ3v) is 3.47. The third kappa shape index (κ3) is 3.27. The third-order valence-electron chi connectivity index (χ3n) is 3.47. The van der Waals surface area contributed by atoms with E-state index in [2.05, 4.69) is 10.2 Å². The number of aromatic nitrogens is 2. The average molecular weight is 275 g/mol. The summed E-state index contributed by atoms with van der Waals surface area (Å²) in [6, 6.07) is -0.400. The van der Waals surface area contributed by atoms with Gasteiger partial charge >= 0.3 is 6.18 Å². The number of nitrogens with zero attached hydrogens (tertiary/aromatic N) is 2. The molecule has 1 aliphatic rings. The standard InChI is InChI=1S/C12H16F3N3O/c1-7-10(5-16-17-7)11(19)18(6-12(13,14)15)8(2)9-3-4-9/h5,8-9H,3-4,6H2,1-2H3,(H,16,17). The van der Waals surface area contributed by atoms with E-state index in [9.17, 15) is 18.0 Å². The molecule has 7 heteroatoms. The van der Waals surface area contributed by atoms with Crippen LogP contribution in [0.5, 0.6) is 0 Å². The van der Waals surface area contributed by atoms with Crippen LogP contribution in [0.15, 0.2) is 6.20 Å². The summed E-state index contributed by atoms with van der Waals surface area (Å²) in [5.74, 6) is -0.429. The van der Waals surface area contributed by atoms with Crippen molar-refractivity contribution in [2.45, 2.75) is 38.9 Å². The Hall–Kier alpha value is -1.53. The van der Waals surface area contributed by atoms with Gasteiger partial charge in [-0.1, -0.05) is 0 Å². The summed E-state index contributed by atoms with van der Waals surface area (Å²) in [7, 11) is 0. The van der Waals surface area contributed by atoms with Gasteiger partial charge in [0.1, 0.15) is 6.54 Å². The van der Waals surface area contributed by atoms with E-state index < -0.39 is 24.7 Å². The number of hydrogen-bond donors (Lipinski definition) is 1. The monoisotopic (exact) mass is 275 g/mol. The van der Waals surface area contributed by atoms with Gasteiger partial charge < -0.3 is 4.90 Å². The highest BCUT2D eigenvalue weighted by atomic mass is 19.4. The van der Waals surface area contributed by atoms with Gasteiger partial charge in [-0.25, -0.2) is 0 Å². The zero-order valence-electron chi connectivity index (χ0n) is 10.8. The first kappa shape index (κ1) is 13.9. The molecule has 4 nitrogen and oxygen atoms in total. The van der Waals surface area contributed by atoms with Gasteiger partial charge in [0.25, 0.3) is 5.91 Å². The molecule has 0 bridgehead atoms. The van der Waals surface area contributed by atoms with E-state index >= 15 is 0 Å². The lowest BCUT2D eigenvalue weighted by molar-refractivity contribution is -0.144. The summed E-state index contributed by atoms with van der Waals surface area (Å²) in [6.45, 7) is 2.08. The van der Waals surface area contributed by atoms with Crippen LogP contribution in [0.25, 0.3) is 0 Å². The van der Waals surface area contributed by atoms with Crippen molar-refractivity contribution in [3.63, 3.8) is 0 Å². The van der Waals surface area contributed by atoms with Crippen molar-refractivity contribution in [1.29, 1.82) is 0 Å². The molecule has 2 rings (SSSR count). The van der Waals surface area contributed by atoms with Crippen LogP contribution in [-0.4, -0.2) is 39.8 Å². The van der Waals surface area contributed by atoms with Gasteiger partial charge in [-0.15, -0.1) is 0 Å². The van der Waals surface area contributed by atoms with Gasteiger partial charge in [0.15, 0.2) is 0 Å². The molecule has 1 saturated carbocycles. The lowest BCUT2D eigenvalue weighted by Gasteiger charge is -2.30.